The van der Waals surface area contributed by atoms with Crippen molar-refractivity contribution in [3.63, 3.8) is 0 Å². The number of nitrogens with zero attached hydrogens (tertiary/aromatic N) is 2. The van der Waals surface area contributed by atoms with E-state index in [9.17, 15) is 4.79 Å². The molecule has 0 N–H and O–H groups in total. The zero-order chi connectivity index (χ0) is 20.1. The average molecular weight is 456 g/mol. The molecule has 0 atom stereocenters. The van der Waals surface area contributed by atoms with Gasteiger partial charge >= 0.3 is 0 Å². The first-order valence-corrected chi connectivity index (χ1v) is 10.5. The summed E-state index contributed by atoms with van der Waals surface area (Å²) in [6.45, 7) is 3.54. The summed E-state index contributed by atoms with van der Waals surface area (Å²) in [4.78, 5) is 17.2. The molecule has 1 aromatic heterocycles. The number of fused-ring (bicyclic) bond motifs is 1. The molecule has 2 aromatic carbocycles. The molecule has 0 saturated carbocycles. The lowest BCUT2D eigenvalue weighted by Crippen LogP contribution is -2.19. The summed E-state index contributed by atoms with van der Waals surface area (Å²) >= 11 is 20.0. The van der Waals surface area contributed by atoms with E-state index in [4.69, 9.17) is 39.5 Å². The molecule has 28 heavy (non-hydrogen) atoms. The van der Waals surface area contributed by atoms with Gasteiger partial charge in [0.15, 0.2) is 4.80 Å². The Kier molecular flexibility index (Phi) is 7.32. The molecule has 3 rings (SSSR count). The van der Waals surface area contributed by atoms with Crippen LogP contribution < -0.4 is 4.80 Å². The lowest BCUT2D eigenvalue weighted by atomic mass is 10.2. The van der Waals surface area contributed by atoms with Gasteiger partial charge in [0.05, 0.1) is 21.8 Å². The maximum absolute atomic E-state index is 12.4. The van der Waals surface area contributed by atoms with Crippen LogP contribution in [0.2, 0.25) is 15.1 Å². The minimum absolute atomic E-state index is 0.390. The second-order valence-corrected chi connectivity index (χ2v) is 8.03. The van der Waals surface area contributed by atoms with E-state index in [0.717, 1.165) is 15.8 Å². The van der Waals surface area contributed by atoms with Gasteiger partial charge in [-0.1, -0.05) is 64.3 Å². The number of ether oxygens (including phenoxy) is 1. The molecule has 4 nitrogen and oxygen atoms in total. The maximum Gasteiger partial charge on any atom is 0.272 e. The minimum atomic E-state index is -0.390. The molecular weight excluding hydrogens is 439 g/mol. The Balaban J connectivity index is 2.00. The molecule has 0 radical (unpaired) electrons. The van der Waals surface area contributed by atoms with Crippen LogP contribution >= 0.6 is 46.1 Å². The normalized spacial score (nSPS) is 12.4. The summed E-state index contributed by atoms with van der Waals surface area (Å²) in [6, 6.07) is 10.8. The molecule has 1 heterocycles. The number of hydrogen-bond acceptors (Lipinski definition) is 3. The third kappa shape index (κ3) is 5.04. The number of aromatic nitrogens is 1. The van der Waals surface area contributed by atoms with E-state index in [2.05, 4.69) is 4.99 Å². The second kappa shape index (κ2) is 9.72. The lowest BCUT2D eigenvalue weighted by Gasteiger charge is -2.06. The summed E-state index contributed by atoms with van der Waals surface area (Å²) in [5.41, 5.74) is 1.54. The predicted octanol–water partition coefficient (Wildman–Crippen LogP) is 5.84. The van der Waals surface area contributed by atoms with Crippen molar-refractivity contribution in [1.82, 2.24) is 4.57 Å². The third-order valence-corrected chi connectivity index (χ3v) is 5.75. The Labute approximate surface area is 181 Å². The van der Waals surface area contributed by atoms with E-state index >= 15 is 0 Å². The van der Waals surface area contributed by atoms with Crippen molar-refractivity contribution in [3.8, 4) is 0 Å². The molecule has 0 aliphatic rings. The number of benzene rings is 2. The molecule has 0 aliphatic carbocycles. The van der Waals surface area contributed by atoms with Crippen LogP contribution in [0.4, 0.5) is 0 Å². The van der Waals surface area contributed by atoms with Gasteiger partial charge in [-0.2, -0.15) is 4.99 Å². The highest BCUT2D eigenvalue weighted by Gasteiger charge is 2.12. The molecule has 0 unspecified atom stereocenters. The van der Waals surface area contributed by atoms with Gasteiger partial charge in [-0.25, -0.2) is 0 Å². The highest BCUT2D eigenvalue weighted by atomic mass is 35.5. The molecule has 0 fully saturated rings. The molecule has 3 aromatic rings. The van der Waals surface area contributed by atoms with Crippen LogP contribution in [-0.2, 0) is 16.1 Å². The SMILES string of the molecule is CCOCCn1c(=NC(=O)/C=C/c2ccccc2Cl)sc2cc(Cl)cc(Cl)c21. The largest absolute Gasteiger partial charge is 0.380 e. The molecule has 8 heteroatoms. The third-order valence-electron chi connectivity index (χ3n) is 3.88. The van der Waals surface area contributed by atoms with E-state index in [1.165, 1.54) is 17.4 Å². The fraction of sp³-hybridized carbons (Fsp3) is 0.200. The Bertz CT molecular complexity index is 1100. The Hall–Kier alpha value is -1.63. The predicted molar refractivity (Wildman–Crippen MR) is 117 cm³/mol. The Morgan fingerprint density at radius 2 is 2.00 bits per heavy atom. The standard InChI is InChI=1S/C20H17Cl3N2O2S/c1-2-27-10-9-25-19-16(23)11-14(21)12-17(19)28-20(25)24-18(26)8-7-13-5-3-4-6-15(13)22/h3-8,11-12H,2,9-10H2,1H3/b8-7+,24-20?. The topological polar surface area (TPSA) is 43.6 Å². The summed E-state index contributed by atoms with van der Waals surface area (Å²) in [6.07, 6.45) is 3.04. The van der Waals surface area contributed by atoms with Gasteiger partial charge in [0.1, 0.15) is 0 Å². The fourth-order valence-electron chi connectivity index (χ4n) is 2.62. The lowest BCUT2D eigenvalue weighted by molar-refractivity contribution is -0.113. The number of carbonyl (C=O) groups is 1. The van der Waals surface area contributed by atoms with Crippen LogP contribution in [-0.4, -0.2) is 23.7 Å². The van der Waals surface area contributed by atoms with Crippen molar-refractivity contribution in [2.45, 2.75) is 13.5 Å². The number of thiazole rings is 1. The Morgan fingerprint density at radius 1 is 1.21 bits per heavy atom. The summed E-state index contributed by atoms with van der Waals surface area (Å²) < 4.78 is 8.20. The van der Waals surface area contributed by atoms with Crippen LogP contribution in [0.5, 0.6) is 0 Å². The van der Waals surface area contributed by atoms with Gasteiger partial charge in [0.25, 0.3) is 5.91 Å². The number of amides is 1. The smallest absolute Gasteiger partial charge is 0.272 e. The number of halogens is 3. The van der Waals surface area contributed by atoms with Crippen molar-refractivity contribution in [1.29, 1.82) is 0 Å². The van der Waals surface area contributed by atoms with Crippen molar-refractivity contribution < 1.29 is 9.53 Å². The van der Waals surface area contributed by atoms with Gasteiger partial charge in [-0.15, -0.1) is 0 Å². The first kappa shape index (κ1) is 21.1. The van der Waals surface area contributed by atoms with Crippen molar-refractivity contribution >= 4 is 68.3 Å². The van der Waals surface area contributed by atoms with E-state index in [0.29, 0.717) is 39.6 Å². The second-order valence-electron chi connectivity index (χ2n) is 5.77. The van der Waals surface area contributed by atoms with Crippen molar-refractivity contribution in [2.75, 3.05) is 13.2 Å². The van der Waals surface area contributed by atoms with Crippen LogP contribution in [0.3, 0.4) is 0 Å². The first-order chi connectivity index (χ1) is 13.5. The summed E-state index contributed by atoms with van der Waals surface area (Å²) in [7, 11) is 0. The average Bonchev–Trinajstić information content (AvgIpc) is 2.98. The van der Waals surface area contributed by atoms with Crippen LogP contribution in [0, 0.1) is 0 Å². The van der Waals surface area contributed by atoms with Crippen molar-refractivity contribution in [2.24, 2.45) is 4.99 Å². The molecule has 146 valence electrons. The highest BCUT2D eigenvalue weighted by molar-refractivity contribution is 7.16. The monoisotopic (exact) mass is 454 g/mol. The van der Waals surface area contributed by atoms with E-state index in [-0.39, 0.29) is 5.91 Å². The maximum atomic E-state index is 12.4. The number of hydrogen-bond donors (Lipinski definition) is 0. The minimum Gasteiger partial charge on any atom is -0.380 e. The van der Waals surface area contributed by atoms with Crippen LogP contribution in [0.1, 0.15) is 12.5 Å². The zero-order valence-corrected chi connectivity index (χ0v) is 18.1. The van der Waals surface area contributed by atoms with Gasteiger partial charge in [0, 0.05) is 29.3 Å². The van der Waals surface area contributed by atoms with Crippen molar-refractivity contribution in [3.05, 3.63) is 67.9 Å². The molecule has 0 bridgehead atoms. The van der Waals surface area contributed by atoms with E-state index in [1.807, 2.05) is 35.8 Å². The Morgan fingerprint density at radius 3 is 2.75 bits per heavy atom. The summed E-state index contributed by atoms with van der Waals surface area (Å²) in [5.74, 6) is -0.390. The number of carbonyl (C=O) groups excluding carboxylic acids is 1. The van der Waals surface area contributed by atoms with Crippen LogP contribution in [0.15, 0.2) is 47.5 Å². The molecule has 0 saturated heterocycles. The summed E-state index contributed by atoms with van der Waals surface area (Å²) in [5, 5.41) is 1.62. The first-order valence-electron chi connectivity index (χ1n) is 8.57. The quantitative estimate of drug-likeness (QED) is 0.346. The highest BCUT2D eigenvalue weighted by Crippen LogP contribution is 2.29. The van der Waals surface area contributed by atoms with E-state index < -0.39 is 0 Å². The fourth-order valence-corrected chi connectivity index (χ4v) is 4.67. The van der Waals surface area contributed by atoms with Crippen LogP contribution in [0.25, 0.3) is 16.3 Å². The van der Waals surface area contributed by atoms with Gasteiger partial charge in [-0.3, -0.25) is 4.79 Å². The number of rotatable bonds is 6. The van der Waals surface area contributed by atoms with E-state index in [1.54, 1.807) is 18.2 Å². The van der Waals surface area contributed by atoms with Gasteiger partial charge in [-0.05, 0) is 36.8 Å². The zero-order valence-electron chi connectivity index (χ0n) is 15.0. The molecule has 1 amide bonds. The molecule has 0 aliphatic heterocycles. The van der Waals surface area contributed by atoms with Gasteiger partial charge in [0.2, 0.25) is 0 Å². The molecule has 0 spiro atoms. The van der Waals surface area contributed by atoms with Gasteiger partial charge < -0.3 is 9.30 Å². The molecular formula is C20H17Cl3N2O2S.